The second-order valence-electron chi connectivity index (χ2n) is 4.41. The molecule has 0 saturated heterocycles. The fourth-order valence-corrected chi connectivity index (χ4v) is 3.22. The van der Waals surface area contributed by atoms with Gasteiger partial charge in [0.1, 0.15) is 0 Å². The third kappa shape index (κ3) is 1.92. The molecule has 0 radical (unpaired) electrons. The first kappa shape index (κ1) is 12.6. The summed E-state index contributed by atoms with van der Waals surface area (Å²) < 4.78 is 3.57. The Kier molecular flexibility index (Phi) is 2.90. The minimum atomic E-state index is -1.08. The van der Waals surface area contributed by atoms with E-state index < -0.39 is 12.0 Å². The summed E-state index contributed by atoms with van der Waals surface area (Å²) in [5.74, 6) is -1.08. The molecule has 1 unspecified atom stereocenters. The zero-order valence-electron chi connectivity index (χ0n) is 10.6. The molecule has 0 amide bonds. The van der Waals surface area contributed by atoms with Crippen molar-refractivity contribution < 1.29 is 9.90 Å². The highest BCUT2D eigenvalue weighted by Crippen LogP contribution is 2.24. The number of fused-ring (bicyclic) bond motifs is 1. The highest BCUT2D eigenvalue weighted by molar-refractivity contribution is 7.14. The summed E-state index contributed by atoms with van der Waals surface area (Å²) in [7, 11) is 1.70. The Balaban J connectivity index is 2.22. The van der Waals surface area contributed by atoms with Crippen LogP contribution >= 0.6 is 11.5 Å². The minimum absolute atomic E-state index is 0.290. The summed E-state index contributed by atoms with van der Waals surface area (Å²) in [6, 6.07) is 6.05. The predicted octanol–water partition coefficient (Wildman–Crippen LogP) is 1.47. The third-order valence-electron chi connectivity index (χ3n) is 3.02. The van der Waals surface area contributed by atoms with E-state index in [1.165, 1.54) is 14.8 Å². The Morgan fingerprint density at radius 1 is 1.40 bits per heavy atom. The van der Waals surface area contributed by atoms with Gasteiger partial charge in [-0.1, -0.05) is 23.7 Å². The second-order valence-corrected chi connectivity index (χ2v) is 5.42. The van der Waals surface area contributed by atoms with Gasteiger partial charge in [-0.15, -0.1) is 0 Å². The maximum absolute atomic E-state index is 12.3. The summed E-state index contributed by atoms with van der Waals surface area (Å²) in [5, 5.41) is 14.0. The zero-order valence-corrected chi connectivity index (χ0v) is 11.4. The fraction of sp³-hybridized carbons (Fsp3) is 0.154. The second kappa shape index (κ2) is 4.61. The molecule has 20 heavy (non-hydrogen) atoms. The van der Waals surface area contributed by atoms with E-state index in [9.17, 15) is 14.7 Å². The van der Waals surface area contributed by atoms with Gasteiger partial charge >= 0.3 is 5.97 Å². The molecule has 0 aliphatic heterocycles. The summed E-state index contributed by atoms with van der Waals surface area (Å²) in [4.78, 5) is 23.9. The number of aliphatic carboxylic acids is 1. The lowest BCUT2D eigenvalue weighted by molar-refractivity contribution is -0.139. The number of nitrogens with zero attached hydrogens (tertiary/aromatic N) is 3. The number of rotatable bonds is 3. The van der Waals surface area contributed by atoms with Gasteiger partial charge in [-0.25, -0.2) is 8.75 Å². The van der Waals surface area contributed by atoms with Gasteiger partial charge in [0.25, 0.3) is 5.56 Å². The Morgan fingerprint density at radius 2 is 2.15 bits per heavy atom. The molecule has 2 heterocycles. The smallest absolute Gasteiger partial charge is 0.332 e. The Morgan fingerprint density at radius 3 is 2.75 bits per heavy atom. The molecule has 1 N–H and O–H groups in total. The molecule has 1 atom stereocenters. The van der Waals surface area contributed by atoms with Crippen LogP contribution in [-0.4, -0.2) is 24.8 Å². The van der Waals surface area contributed by atoms with E-state index in [1.807, 2.05) is 6.07 Å². The lowest BCUT2D eigenvalue weighted by Crippen LogP contribution is -2.26. The van der Waals surface area contributed by atoms with Crippen LogP contribution < -0.4 is 5.56 Å². The molecule has 0 aliphatic rings. The molecule has 3 rings (SSSR count). The zero-order chi connectivity index (χ0) is 14.3. The van der Waals surface area contributed by atoms with Gasteiger partial charge in [-0.2, -0.15) is 5.10 Å². The van der Waals surface area contributed by atoms with E-state index in [2.05, 4.69) is 5.10 Å². The van der Waals surface area contributed by atoms with Crippen LogP contribution in [0.1, 0.15) is 11.6 Å². The molecule has 2 aromatic heterocycles. The molecule has 102 valence electrons. The van der Waals surface area contributed by atoms with Crippen LogP contribution in [0.15, 0.2) is 41.5 Å². The number of carboxylic acid groups (broad SMARTS) is 1. The highest BCUT2D eigenvalue weighted by Gasteiger charge is 2.26. The van der Waals surface area contributed by atoms with Crippen molar-refractivity contribution in [1.82, 2.24) is 13.7 Å². The Labute approximate surface area is 117 Å². The molecule has 0 fully saturated rings. The van der Waals surface area contributed by atoms with Crippen molar-refractivity contribution in [2.45, 2.75) is 6.04 Å². The quantitative estimate of drug-likeness (QED) is 0.792. The number of carboxylic acids is 1. The molecule has 0 spiro atoms. The van der Waals surface area contributed by atoms with Crippen LogP contribution in [0.2, 0.25) is 0 Å². The van der Waals surface area contributed by atoms with Crippen molar-refractivity contribution in [2.75, 3.05) is 0 Å². The number of aryl methyl sites for hydroxylation is 1. The van der Waals surface area contributed by atoms with Crippen LogP contribution in [0.25, 0.3) is 10.1 Å². The number of hydrogen-bond donors (Lipinski definition) is 1. The highest BCUT2D eigenvalue weighted by atomic mass is 32.1. The van der Waals surface area contributed by atoms with Gasteiger partial charge in [0, 0.05) is 18.8 Å². The molecule has 0 bridgehead atoms. The van der Waals surface area contributed by atoms with Crippen molar-refractivity contribution in [3.63, 3.8) is 0 Å². The van der Waals surface area contributed by atoms with E-state index in [0.717, 1.165) is 16.2 Å². The summed E-state index contributed by atoms with van der Waals surface area (Å²) in [6.07, 6.45) is 3.07. The van der Waals surface area contributed by atoms with Crippen molar-refractivity contribution >= 4 is 27.6 Å². The van der Waals surface area contributed by atoms with E-state index in [0.29, 0.717) is 10.9 Å². The van der Waals surface area contributed by atoms with E-state index in [1.54, 1.807) is 31.4 Å². The average Bonchev–Trinajstić information content (AvgIpc) is 2.96. The Hall–Kier alpha value is -2.41. The van der Waals surface area contributed by atoms with Crippen LogP contribution in [0, 0.1) is 0 Å². The molecule has 7 heteroatoms. The number of benzene rings is 1. The molecule has 3 aromatic rings. The van der Waals surface area contributed by atoms with Crippen LogP contribution in [-0.2, 0) is 11.8 Å². The average molecular weight is 289 g/mol. The van der Waals surface area contributed by atoms with Gasteiger partial charge in [0.2, 0.25) is 0 Å². The Bertz CT molecular complexity index is 846. The topological polar surface area (TPSA) is 77.1 Å². The summed E-state index contributed by atoms with van der Waals surface area (Å²) in [6.45, 7) is 0. The number of carbonyl (C=O) groups is 1. The van der Waals surface area contributed by atoms with Gasteiger partial charge in [0.15, 0.2) is 6.04 Å². The third-order valence-corrected chi connectivity index (χ3v) is 4.15. The monoisotopic (exact) mass is 289 g/mol. The van der Waals surface area contributed by atoms with Gasteiger partial charge in [-0.05, 0) is 12.1 Å². The van der Waals surface area contributed by atoms with Crippen LogP contribution in [0.3, 0.4) is 0 Å². The maximum Gasteiger partial charge on any atom is 0.332 e. The number of aromatic nitrogens is 3. The van der Waals surface area contributed by atoms with Crippen LogP contribution in [0.4, 0.5) is 0 Å². The van der Waals surface area contributed by atoms with E-state index in [4.69, 9.17) is 0 Å². The standard InChI is InChI=1S/C13H11N3O3S/c1-15-7-8(6-14-15)11(13(18)19)16-12(17)9-4-2-3-5-10(9)20-16/h2-7,11H,1H3,(H,18,19). The largest absolute Gasteiger partial charge is 0.479 e. The maximum atomic E-state index is 12.3. The molecule has 6 nitrogen and oxygen atoms in total. The first-order valence-corrected chi connectivity index (χ1v) is 6.67. The lowest BCUT2D eigenvalue weighted by Gasteiger charge is -2.09. The van der Waals surface area contributed by atoms with Crippen molar-refractivity contribution in [3.05, 3.63) is 52.6 Å². The lowest BCUT2D eigenvalue weighted by atomic mass is 10.1. The first-order valence-electron chi connectivity index (χ1n) is 5.90. The molecular formula is C13H11N3O3S. The fourth-order valence-electron chi connectivity index (χ4n) is 2.12. The first-order chi connectivity index (χ1) is 9.58. The predicted molar refractivity (Wildman–Crippen MR) is 75.1 cm³/mol. The molecule has 1 aromatic carbocycles. The summed E-state index contributed by atoms with van der Waals surface area (Å²) in [5.41, 5.74) is 0.190. The van der Waals surface area contributed by atoms with Crippen molar-refractivity contribution in [2.24, 2.45) is 7.05 Å². The SMILES string of the molecule is Cn1cc(C(C(=O)O)n2sc3ccccc3c2=O)cn1. The van der Waals surface area contributed by atoms with Crippen molar-refractivity contribution in [1.29, 1.82) is 0 Å². The molecule has 0 saturated carbocycles. The van der Waals surface area contributed by atoms with Gasteiger partial charge < -0.3 is 5.11 Å². The molecular weight excluding hydrogens is 278 g/mol. The number of hydrogen-bond acceptors (Lipinski definition) is 4. The van der Waals surface area contributed by atoms with Gasteiger partial charge in [0.05, 0.1) is 16.3 Å². The van der Waals surface area contributed by atoms with E-state index >= 15 is 0 Å². The summed E-state index contributed by atoms with van der Waals surface area (Å²) >= 11 is 1.15. The minimum Gasteiger partial charge on any atom is -0.479 e. The van der Waals surface area contributed by atoms with E-state index in [-0.39, 0.29) is 5.56 Å². The van der Waals surface area contributed by atoms with Crippen molar-refractivity contribution in [3.8, 4) is 0 Å². The van der Waals surface area contributed by atoms with Gasteiger partial charge in [-0.3, -0.25) is 9.48 Å². The van der Waals surface area contributed by atoms with Crippen LogP contribution in [0.5, 0.6) is 0 Å². The normalized spacial score (nSPS) is 12.7. The molecule has 0 aliphatic carbocycles.